The Hall–Kier alpha value is -1.01. The Morgan fingerprint density at radius 1 is 1.50 bits per heavy atom. The Balaban J connectivity index is 0. The molecule has 0 radical (unpaired) electrons. The minimum Gasteiger partial charge on any atom is -0.450 e. The summed E-state index contributed by atoms with van der Waals surface area (Å²) >= 11 is 0. The molecule has 0 bridgehead atoms. The molecule has 0 aromatic carbocycles. The van der Waals surface area contributed by atoms with E-state index in [1.807, 2.05) is 0 Å². The van der Waals surface area contributed by atoms with Gasteiger partial charge in [0.25, 0.3) is 0 Å². The van der Waals surface area contributed by atoms with E-state index in [9.17, 15) is 22.4 Å². The van der Waals surface area contributed by atoms with Gasteiger partial charge in [0.2, 0.25) is 0 Å². The van der Waals surface area contributed by atoms with Crippen LogP contribution in [0, 0.1) is 0 Å². The fourth-order valence-electron chi connectivity index (χ4n) is 0.126. The van der Waals surface area contributed by atoms with Gasteiger partial charge in [-0.2, -0.15) is 13.2 Å². The van der Waals surface area contributed by atoms with E-state index in [4.69, 9.17) is 5.11 Å². The van der Waals surface area contributed by atoms with E-state index in [1.54, 1.807) is 0 Å². The molecule has 0 aliphatic rings. The summed E-state index contributed by atoms with van der Waals surface area (Å²) in [5.41, 5.74) is 0. The molecule has 0 atom stereocenters. The summed E-state index contributed by atoms with van der Waals surface area (Å²) in [7, 11) is 0. The van der Waals surface area contributed by atoms with Crippen LogP contribution < -0.4 is 0 Å². The number of hydrogen-bond donors (Lipinski definition) is 1. The highest BCUT2D eigenvalue weighted by atomic mass is 19.4. The molecule has 0 aliphatic carbocycles. The molecule has 0 spiro atoms. The third kappa shape index (κ3) is 64.2. The van der Waals surface area contributed by atoms with Crippen molar-refractivity contribution in [2.75, 3.05) is 13.3 Å². The van der Waals surface area contributed by atoms with Crippen LogP contribution in [0.5, 0.6) is 0 Å². The molecule has 0 rings (SSSR count). The van der Waals surface area contributed by atoms with Crippen LogP contribution in [0.4, 0.5) is 22.4 Å². The van der Waals surface area contributed by atoms with Gasteiger partial charge in [-0.1, -0.05) is 0 Å². The molecule has 12 heavy (non-hydrogen) atoms. The van der Waals surface area contributed by atoms with Gasteiger partial charge in [-0.05, 0) is 0 Å². The molecular weight excluding hydrogens is 184 g/mol. The van der Waals surface area contributed by atoms with Crippen molar-refractivity contribution >= 4 is 6.16 Å². The maximum atomic E-state index is 11.0. The fourth-order valence-corrected chi connectivity index (χ4v) is 0.126. The number of carbonyl (C=O) groups is 1. The van der Waals surface area contributed by atoms with Crippen molar-refractivity contribution in [2.45, 2.75) is 13.1 Å². The Kier molecular flexibility index (Phi) is 7.56. The lowest BCUT2D eigenvalue weighted by molar-refractivity contribution is -0.110. The van der Waals surface area contributed by atoms with E-state index in [0.29, 0.717) is 0 Å². The normalized spacial score (nSPS) is 9.75. The zero-order valence-electron chi connectivity index (χ0n) is 6.19. The second-order valence-electron chi connectivity index (χ2n) is 1.58. The summed E-state index contributed by atoms with van der Waals surface area (Å²) in [6.45, 7) is -0.936. The molecule has 0 saturated heterocycles. The van der Waals surface area contributed by atoms with E-state index in [-0.39, 0.29) is 13.5 Å². The van der Waals surface area contributed by atoms with Gasteiger partial charge in [0, 0.05) is 6.92 Å². The summed E-state index contributed by atoms with van der Waals surface area (Å²) < 4.78 is 45.8. The summed E-state index contributed by atoms with van der Waals surface area (Å²) in [5, 5.41) is 7.66. The van der Waals surface area contributed by atoms with Crippen LogP contribution in [-0.4, -0.2) is 30.7 Å². The van der Waals surface area contributed by atoms with E-state index < -0.39 is 19.0 Å². The molecule has 0 heterocycles. The Morgan fingerprint density at radius 2 is 1.83 bits per heavy atom. The smallest absolute Gasteiger partial charge is 0.450 e. The predicted molar refractivity (Wildman–Crippen MR) is 31.7 cm³/mol. The number of ether oxygens (including phenoxy) is 1. The summed E-state index contributed by atoms with van der Waals surface area (Å²) in [6.07, 6.45) is -5.43. The van der Waals surface area contributed by atoms with Crippen LogP contribution >= 0.6 is 0 Å². The Morgan fingerprint density at radius 3 is 1.92 bits per heavy atom. The van der Waals surface area contributed by atoms with Crippen molar-refractivity contribution < 1.29 is 32.2 Å². The SMILES string of the molecule is CC(F)(F)F.O=C(O)OCCF. The lowest BCUT2D eigenvalue weighted by Crippen LogP contribution is -2.02. The zero-order chi connectivity index (χ0) is 10.2. The quantitative estimate of drug-likeness (QED) is 0.539. The topological polar surface area (TPSA) is 46.5 Å². The Bertz CT molecular complexity index is 116. The molecule has 0 amide bonds. The first kappa shape index (κ1) is 13.6. The number of hydrogen-bond acceptors (Lipinski definition) is 2. The molecule has 0 saturated carbocycles. The molecule has 74 valence electrons. The third-order valence-electron chi connectivity index (χ3n) is 0.303. The second kappa shape index (κ2) is 6.68. The lowest BCUT2D eigenvalue weighted by atomic mass is 10.8. The van der Waals surface area contributed by atoms with Gasteiger partial charge in [-0.25, -0.2) is 9.18 Å². The summed E-state index contributed by atoms with van der Waals surface area (Å²) in [4.78, 5) is 9.37. The zero-order valence-corrected chi connectivity index (χ0v) is 6.19. The van der Waals surface area contributed by atoms with Gasteiger partial charge >= 0.3 is 12.3 Å². The fraction of sp³-hybridized carbons (Fsp3) is 0.800. The van der Waals surface area contributed by atoms with Gasteiger partial charge in [-0.3, -0.25) is 0 Å². The number of halogens is 4. The predicted octanol–water partition coefficient (Wildman–Crippen LogP) is 2.22. The minimum atomic E-state index is -4.00. The molecule has 0 aromatic rings. The summed E-state index contributed by atoms with van der Waals surface area (Å²) in [5.74, 6) is 0. The average Bonchev–Trinajstić information content (AvgIpc) is 1.79. The molecular formula is C5H8F4O3. The molecule has 0 aromatic heterocycles. The van der Waals surface area contributed by atoms with Crippen molar-refractivity contribution in [3.8, 4) is 0 Å². The first-order valence-electron chi connectivity index (χ1n) is 2.75. The molecule has 0 unspecified atom stereocenters. The monoisotopic (exact) mass is 192 g/mol. The maximum absolute atomic E-state index is 11.0. The molecule has 1 N–H and O–H groups in total. The molecule has 7 heteroatoms. The van der Waals surface area contributed by atoms with Crippen LogP contribution in [0.3, 0.4) is 0 Å². The van der Waals surface area contributed by atoms with E-state index in [0.717, 1.165) is 0 Å². The van der Waals surface area contributed by atoms with Gasteiger partial charge < -0.3 is 9.84 Å². The van der Waals surface area contributed by atoms with Gasteiger partial charge in [-0.15, -0.1) is 0 Å². The minimum absolute atomic E-state index is 0.188. The molecule has 3 nitrogen and oxygen atoms in total. The van der Waals surface area contributed by atoms with Gasteiger partial charge in [0.05, 0.1) is 0 Å². The van der Waals surface area contributed by atoms with E-state index in [1.165, 1.54) is 0 Å². The first-order valence-corrected chi connectivity index (χ1v) is 2.75. The second-order valence-corrected chi connectivity index (χ2v) is 1.58. The standard InChI is InChI=1S/C3H5FO3.C2H3F3/c4-1-2-7-3(5)6;1-2(3,4)5/h1-2H2,(H,5,6);1H3. The lowest BCUT2D eigenvalue weighted by Gasteiger charge is -1.90. The largest absolute Gasteiger partial charge is 0.505 e. The van der Waals surface area contributed by atoms with Gasteiger partial charge in [0.15, 0.2) is 0 Å². The third-order valence-corrected chi connectivity index (χ3v) is 0.303. The van der Waals surface area contributed by atoms with Crippen molar-refractivity contribution in [2.24, 2.45) is 0 Å². The van der Waals surface area contributed by atoms with Crippen molar-refractivity contribution in [1.29, 1.82) is 0 Å². The van der Waals surface area contributed by atoms with Crippen molar-refractivity contribution in [3.63, 3.8) is 0 Å². The molecule has 0 fully saturated rings. The molecule has 0 aliphatic heterocycles. The maximum Gasteiger partial charge on any atom is 0.505 e. The van der Waals surface area contributed by atoms with Crippen LogP contribution in [0.15, 0.2) is 0 Å². The Labute approximate surface area is 65.9 Å². The highest BCUT2D eigenvalue weighted by Gasteiger charge is 2.15. The van der Waals surface area contributed by atoms with Crippen LogP contribution in [0.25, 0.3) is 0 Å². The highest BCUT2D eigenvalue weighted by Crippen LogP contribution is 2.10. The number of alkyl halides is 4. The van der Waals surface area contributed by atoms with Crippen molar-refractivity contribution in [1.82, 2.24) is 0 Å². The number of rotatable bonds is 2. The van der Waals surface area contributed by atoms with Crippen LogP contribution in [0.2, 0.25) is 0 Å². The van der Waals surface area contributed by atoms with Crippen LogP contribution in [-0.2, 0) is 4.74 Å². The first-order chi connectivity index (χ1) is 5.27. The highest BCUT2D eigenvalue weighted by molar-refractivity contribution is 5.56. The number of carboxylic acid groups (broad SMARTS) is 1. The van der Waals surface area contributed by atoms with Gasteiger partial charge in [0.1, 0.15) is 13.3 Å². The van der Waals surface area contributed by atoms with Crippen molar-refractivity contribution in [3.05, 3.63) is 0 Å². The van der Waals surface area contributed by atoms with E-state index in [2.05, 4.69) is 4.74 Å². The summed E-state index contributed by atoms with van der Waals surface area (Å²) in [6, 6.07) is 0. The van der Waals surface area contributed by atoms with E-state index >= 15 is 0 Å². The average molecular weight is 192 g/mol. The van der Waals surface area contributed by atoms with Crippen LogP contribution in [0.1, 0.15) is 6.92 Å².